The van der Waals surface area contributed by atoms with Crippen molar-refractivity contribution < 1.29 is 19.5 Å². The molecule has 2 aromatic rings. The number of thiophene rings is 1. The average molecular weight is 439 g/mol. The lowest BCUT2D eigenvalue weighted by Gasteiger charge is -2.26. The summed E-state index contributed by atoms with van der Waals surface area (Å²) in [6.45, 7) is 3.97. The predicted octanol–water partition coefficient (Wildman–Crippen LogP) is 4.07. The van der Waals surface area contributed by atoms with Crippen molar-refractivity contribution in [1.29, 1.82) is 0 Å². The van der Waals surface area contributed by atoms with Crippen molar-refractivity contribution in [3.8, 4) is 0 Å². The lowest BCUT2D eigenvalue weighted by molar-refractivity contribution is -0.148. The van der Waals surface area contributed by atoms with Crippen LogP contribution in [0.15, 0.2) is 47.5 Å². The molecule has 31 heavy (non-hydrogen) atoms. The first kappa shape index (κ1) is 21.3. The maximum Gasteiger partial charge on any atom is 0.307 e. The van der Waals surface area contributed by atoms with E-state index in [4.69, 9.17) is 5.73 Å². The lowest BCUT2D eigenvalue weighted by Crippen LogP contribution is -2.38. The monoisotopic (exact) mass is 438 g/mol. The van der Waals surface area contributed by atoms with E-state index >= 15 is 0 Å². The van der Waals surface area contributed by atoms with Crippen molar-refractivity contribution in [2.24, 2.45) is 29.4 Å². The summed E-state index contributed by atoms with van der Waals surface area (Å²) in [5, 5.41) is 13.1. The van der Waals surface area contributed by atoms with E-state index < -0.39 is 23.7 Å². The number of nitrogens with two attached hydrogens (primary N) is 1. The number of primary amides is 1. The largest absolute Gasteiger partial charge is 0.481 e. The summed E-state index contributed by atoms with van der Waals surface area (Å²) < 4.78 is 0. The van der Waals surface area contributed by atoms with E-state index in [1.54, 1.807) is 6.07 Å². The minimum Gasteiger partial charge on any atom is -0.481 e. The van der Waals surface area contributed by atoms with Gasteiger partial charge in [0.15, 0.2) is 0 Å². The summed E-state index contributed by atoms with van der Waals surface area (Å²) in [6.07, 6.45) is 2.24. The highest BCUT2D eigenvalue weighted by molar-refractivity contribution is 7.16. The average Bonchev–Trinajstić information content (AvgIpc) is 3.40. The molecule has 4 atom stereocenters. The highest BCUT2D eigenvalue weighted by Crippen LogP contribution is 2.57. The van der Waals surface area contributed by atoms with E-state index in [0.717, 1.165) is 34.4 Å². The Kier molecular flexibility index (Phi) is 5.71. The zero-order valence-corrected chi connectivity index (χ0v) is 18.4. The van der Waals surface area contributed by atoms with E-state index in [9.17, 15) is 19.5 Å². The topological polar surface area (TPSA) is 109 Å². The number of carbonyl (C=O) groups excluding carboxylic acids is 2. The van der Waals surface area contributed by atoms with Gasteiger partial charge in [0.25, 0.3) is 5.91 Å². The molecule has 1 aromatic carbocycles. The van der Waals surface area contributed by atoms with Gasteiger partial charge < -0.3 is 16.2 Å². The maximum absolute atomic E-state index is 13.3. The fourth-order valence-electron chi connectivity index (χ4n) is 5.40. The van der Waals surface area contributed by atoms with Gasteiger partial charge in [-0.25, -0.2) is 0 Å². The molecular weight excluding hydrogens is 412 g/mol. The van der Waals surface area contributed by atoms with Gasteiger partial charge in [-0.05, 0) is 50.2 Å². The van der Waals surface area contributed by atoms with E-state index in [2.05, 4.69) is 5.32 Å². The standard InChI is InChI=1S/C24H26N2O4S/c1-12(2)18-15-8-9-16(18)20(24(29)30)19(15)22(28)26-23-17(21(25)27)11-14(31-23)10-13-6-4-3-5-7-13/h3-7,11,15-16,19-20H,8-10H2,1-2H3,(H2,25,27)(H,26,28)(H,29,30)/t15-,16-,19-,20-/m1/s1. The van der Waals surface area contributed by atoms with Crippen LogP contribution in [0.4, 0.5) is 5.00 Å². The molecule has 2 aliphatic carbocycles. The van der Waals surface area contributed by atoms with Gasteiger partial charge in [0.05, 0.1) is 17.4 Å². The Morgan fingerprint density at radius 2 is 1.74 bits per heavy atom. The molecule has 7 heteroatoms. The van der Waals surface area contributed by atoms with Gasteiger partial charge in [-0.3, -0.25) is 14.4 Å². The van der Waals surface area contributed by atoms with E-state index in [1.165, 1.54) is 11.3 Å². The molecular formula is C24H26N2O4S. The molecule has 162 valence electrons. The molecule has 4 N–H and O–H groups in total. The quantitative estimate of drug-likeness (QED) is 0.591. The number of amides is 2. The number of hydrogen-bond donors (Lipinski definition) is 3. The lowest BCUT2D eigenvalue weighted by atomic mass is 9.79. The number of hydrogen-bond acceptors (Lipinski definition) is 4. The van der Waals surface area contributed by atoms with Crippen molar-refractivity contribution >= 4 is 34.1 Å². The number of carbonyl (C=O) groups is 3. The molecule has 6 nitrogen and oxygen atoms in total. The number of aliphatic carboxylic acids is 1. The summed E-state index contributed by atoms with van der Waals surface area (Å²) in [5.41, 5.74) is 9.15. The summed E-state index contributed by atoms with van der Waals surface area (Å²) in [5.74, 6) is -3.40. The molecule has 1 heterocycles. The molecule has 0 aliphatic heterocycles. The second-order valence-electron chi connectivity index (χ2n) is 8.61. The number of carboxylic acid groups (broad SMARTS) is 1. The normalized spacial score (nSPS) is 24.3. The van der Waals surface area contributed by atoms with Gasteiger partial charge in [0.1, 0.15) is 5.00 Å². The zero-order valence-electron chi connectivity index (χ0n) is 17.6. The van der Waals surface area contributed by atoms with Crippen molar-refractivity contribution in [3.63, 3.8) is 0 Å². The fraction of sp³-hybridized carbons (Fsp3) is 0.375. The zero-order chi connectivity index (χ0) is 22.3. The van der Waals surface area contributed by atoms with Crippen LogP contribution in [0, 0.1) is 23.7 Å². The van der Waals surface area contributed by atoms with Gasteiger partial charge in [-0.15, -0.1) is 11.3 Å². The Balaban J connectivity index is 1.61. The maximum atomic E-state index is 13.3. The minimum atomic E-state index is -0.933. The Bertz CT molecular complexity index is 1070. The molecule has 2 fully saturated rings. The summed E-state index contributed by atoms with van der Waals surface area (Å²) in [6, 6.07) is 11.5. The summed E-state index contributed by atoms with van der Waals surface area (Å²) >= 11 is 1.31. The van der Waals surface area contributed by atoms with E-state index in [-0.39, 0.29) is 23.3 Å². The molecule has 2 amide bonds. The Morgan fingerprint density at radius 3 is 2.32 bits per heavy atom. The van der Waals surface area contributed by atoms with Crippen molar-refractivity contribution in [2.75, 3.05) is 5.32 Å². The van der Waals surface area contributed by atoms with Crippen molar-refractivity contribution in [1.82, 2.24) is 0 Å². The third kappa shape index (κ3) is 3.90. The van der Waals surface area contributed by atoms with Gasteiger partial charge in [-0.2, -0.15) is 0 Å². The fourth-order valence-corrected chi connectivity index (χ4v) is 6.50. The van der Waals surface area contributed by atoms with Crippen LogP contribution in [0.5, 0.6) is 0 Å². The van der Waals surface area contributed by atoms with Crippen LogP contribution in [0.25, 0.3) is 0 Å². The Labute approximate surface area is 185 Å². The Morgan fingerprint density at radius 1 is 1.10 bits per heavy atom. The third-order valence-electron chi connectivity index (χ3n) is 6.51. The number of benzene rings is 1. The van der Waals surface area contributed by atoms with Crippen LogP contribution in [0.1, 0.15) is 47.5 Å². The second kappa shape index (κ2) is 8.30. The SMILES string of the molecule is CC(C)=C1[C@H]2CC[C@H]1[C@@H](C(=O)Nc1sc(Cc3ccccc3)cc1C(N)=O)[C@@H]2C(=O)O. The van der Waals surface area contributed by atoms with Crippen molar-refractivity contribution in [3.05, 3.63) is 63.5 Å². The van der Waals surface area contributed by atoms with E-state index in [0.29, 0.717) is 11.4 Å². The van der Waals surface area contributed by atoms with Crippen molar-refractivity contribution in [2.45, 2.75) is 33.1 Å². The van der Waals surface area contributed by atoms with Gasteiger partial charge in [0, 0.05) is 11.3 Å². The number of rotatable bonds is 6. The minimum absolute atomic E-state index is 0.0584. The second-order valence-corrected chi connectivity index (χ2v) is 9.74. The van der Waals surface area contributed by atoms with Crippen LogP contribution in [0.3, 0.4) is 0 Å². The number of allylic oxidation sites excluding steroid dienone is 2. The number of carboxylic acids is 1. The molecule has 2 aliphatic rings. The molecule has 0 saturated heterocycles. The van der Waals surface area contributed by atoms with Gasteiger partial charge >= 0.3 is 5.97 Å². The van der Waals surface area contributed by atoms with Gasteiger partial charge in [0.2, 0.25) is 5.91 Å². The van der Waals surface area contributed by atoms with Gasteiger partial charge in [-0.1, -0.05) is 41.5 Å². The molecule has 1 aromatic heterocycles. The first-order valence-electron chi connectivity index (χ1n) is 10.4. The highest BCUT2D eigenvalue weighted by Gasteiger charge is 2.57. The van der Waals surface area contributed by atoms with Crippen LogP contribution in [-0.4, -0.2) is 22.9 Å². The third-order valence-corrected chi connectivity index (χ3v) is 7.56. The predicted molar refractivity (Wildman–Crippen MR) is 120 cm³/mol. The molecule has 2 bridgehead atoms. The summed E-state index contributed by atoms with van der Waals surface area (Å²) in [4.78, 5) is 38.2. The first-order chi connectivity index (χ1) is 14.8. The molecule has 0 radical (unpaired) electrons. The van der Waals surface area contributed by atoms with E-state index in [1.807, 2.05) is 44.2 Å². The first-order valence-corrected chi connectivity index (χ1v) is 11.3. The highest BCUT2D eigenvalue weighted by atomic mass is 32.1. The molecule has 0 unspecified atom stereocenters. The van der Waals surface area contributed by atoms with Crippen LogP contribution in [-0.2, 0) is 16.0 Å². The number of fused-ring (bicyclic) bond motifs is 2. The molecule has 2 saturated carbocycles. The molecule has 0 spiro atoms. The summed E-state index contributed by atoms with van der Waals surface area (Å²) in [7, 11) is 0. The van der Waals surface area contributed by atoms with Crippen LogP contribution < -0.4 is 11.1 Å². The Hall–Kier alpha value is -2.93. The number of nitrogens with one attached hydrogen (secondary N) is 1. The molecule has 4 rings (SSSR count). The smallest absolute Gasteiger partial charge is 0.307 e. The number of anilines is 1. The van der Waals surface area contributed by atoms with Crippen LogP contribution >= 0.6 is 11.3 Å². The van der Waals surface area contributed by atoms with Crippen LogP contribution in [0.2, 0.25) is 0 Å².